The highest BCUT2D eigenvalue weighted by atomic mass is 16.2. The van der Waals surface area contributed by atoms with E-state index >= 15 is 0 Å². The third-order valence-corrected chi connectivity index (χ3v) is 5.65. The molecular weight excluding hydrogens is 384 g/mol. The zero-order valence-corrected chi connectivity index (χ0v) is 16.5. The van der Waals surface area contributed by atoms with E-state index in [1.165, 1.54) is 0 Å². The van der Waals surface area contributed by atoms with Crippen LogP contribution >= 0.6 is 0 Å². The van der Waals surface area contributed by atoms with Crippen LogP contribution in [0.25, 0.3) is 11.0 Å². The Hall–Kier alpha value is -3.41. The van der Waals surface area contributed by atoms with Crippen molar-refractivity contribution in [1.82, 2.24) is 25.9 Å². The third kappa shape index (κ3) is 4.59. The summed E-state index contributed by atoms with van der Waals surface area (Å²) in [6.07, 6.45) is 3.48. The molecule has 1 aromatic carbocycles. The Morgan fingerprint density at radius 1 is 1.20 bits per heavy atom. The highest BCUT2D eigenvalue weighted by molar-refractivity contribution is 5.97. The standard InChI is InChI=1S/C21H24N6O3/c22-11-14(10-13-7-8-23-19(13)28)24-20(29)17(9-12-5-6-12)27-21(30)18-25-15-3-1-2-4-16(15)26-18/h1-4,12-14,17H,5-10H2,(H,23,28)(H,24,29)(H,25,26)(H,27,30). The minimum absolute atomic E-state index is 0.0859. The quantitative estimate of drug-likeness (QED) is 0.516. The number of rotatable bonds is 8. The van der Waals surface area contributed by atoms with Gasteiger partial charge in [-0.15, -0.1) is 0 Å². The Bertz CT molecular complexity index is 973. The topological polar surface area (TPSA) is 140 Å². The summed E-state index contributed by atoms with van der Waals surface area (Å²) in [6, 6.07) is 7.83. The van der Waals surface area contributed by atoms with E-state index in [0.29, 0.717) is 30.8 Å². The summed E-state index contributed by atoms with van der Waals surface area (Å²) < 4.78 is 0. The fraction of sp³-hybridized carbons (Fsp3) is 0.476. The summed E-state index contributed by atoms with van der Waals surface area (Å²) in [5.41, 5.74) is 1.41. The van der Waals surface area contributed by atoms with Crippen molar-refractivity contribution in [1.29, 1.82) is 5.26 Å². The number of hydrogen-bond acceptors (Lipinski definition) is 5. The molecule has 2 aromatic rings. The number of nitriles is 1. The van der Waals surface area contributed by atoms with E-state index in [9.17, 15) is 19.6 Å². The lowest BCUT2D eigenvalue weighted by molar-refractivity contribution is -0.125. The Balaban J connectivity index is 1.41. The Labute approximate surface area is 173 Å². The molecule has 2 fully saturated rings. The molecule has 1 aliphatic carbocycles. The van der Waals surface area contributed by atoms with Gasteiger partial charge < -0.3 is 20.9 Å². The van der Waals surface area contributed by atoms with Crippen LogP contribution in [-0.4, -0.2) is 46.3 Å². The molecule has 1 saturated heterocycles. The summed E-state index contributed by atoms with van der Waals surface area (Å²) in [5.74, 6) is -0.701. The van der Waals surface area contributed by atoms with Crippen LogP contribution in [0, 0.1) is 23.2 Å². The van der Waals surface area contributed by atoms with Gasteiger partial charge in [-0.2, -0.15) is 5.26 Å². The van der Waals surface area contributed by atoms with Crippen LogP contribution in [-0.2, 0) is 9.59 Å². The number of aromatic amines is 1. The lowest BCUT2D eigenvalue weighted by Crippen LogP contribution is -2.50. The van der Waals surface area contributed by atoms with Gasteiger partial charge in [-0.25, -0.2) is 4.98 Å². The van der Waals surface area contributed by atoms with E-state index in [1.807, 2.05) is 18.2 Å². The first-order valence-corrected chi connectivity index (χ1v) is 10.3. The second-order valence-corrected chi connectivity index (χ2v) is 8.01. The second-order valence-electron chi connectivity index (χ2n) is 8.01. The monoisotopic (exact) mass is 408 g/mol. The number of para-hydroxylation sites is 2. The number of nitrogens with zero attached hydrogens (tertiary/aromatic N) is 2. The number of hydrogen-bond donors (Lipinski definition) is 4. The van der Waals surface area contributed by atoms with Crippen molar-refractivity contribution < 1.29 is 14.4 Å². The molecule has 30 heavy (non-hydrogen) atoms. The normalized spacial score (nSPS) is 20.2. The van der Waals surface area contributed by atoms with Gasteiger partial charge in [-0.3, -0.25) is 14.4 Å². The summed E-state index contributed by atoms with van der Waals surface area (Å²) in [4.78, 5) is 44.6. The van der Waals surface area contributed by atoms with Crippen LogP contribution in [0.1, 0.15) is 42.7 Å². The van der Waals surface area contributed by atoms with E-state index < -0.39 is 23.9 Å². The molecule has 1 saturated carbocycles. The highest BCUT2D eigenvalue weighted by Crippen LogP contribution is 2.33. The zero-order valence-electron chi connectivity index (χ0n) is 16.5. The molecular formula is C21H24N6O3. The Morgan fingerprint density at radius 2 is 2.00 bits per heavy atom. The molecule has 9 heteroatoms. The molecule has 1 aliphatic heterocycles. The van der Waals surface area contributed by atoms with E-state index in [0.717, 1.165) is 18.4 Å². The first-order chi connectivity index (χ1) is 14.5. The highest BCUT2D eigenvalue weighted by Gasteiger charge is 2.33. The van der Waals surface area contributed by atoms with Gasteiger partial charge in [-0.05, 0) is 37.3 Å². The predicted octanol–water partition coefficient (Wildman–Crippen LogP) is 0.996. The molecule has 2 aliphatic rings. The van der Waals surface area contributed by atoms with Crippen molar-refractivity contribution in [3.63, 3.8) is 0 Å². The molecule has 3 amide bonds. The number of fused-ring (bicyclic) bond motifs is 1. The SMILES string of the molecule is N#CC(CC1CCNC1=O)NC(=O)C(CC1CC1)NC(=O)c1nc2ccccc2[nH]1. The van der Waals surface area contributed by atoms with Crippen LogP contribution in [0.3, 0.4) is 0 Å². The van der Waals surface area contributed by atoms with Crippen molar-refractivity contribution in [2.75, 3.05) is 6.54 Å². The molecule has 3 atom stereocenters. The molecule has 0 spiro atoms. The Kier molecular flexibility index (Phi) is 5.65. The van der Waals surface area contributed by atoms with Crippen molar-refractivity contribution >= 4 is 28.8 Å². The van der Waals surface area contributed by atoms with E-state index in [1.54, 1.807) is 6.07 Å². The summed E-state index contributed by atoms with van der Waals surface area (Å²) in [7, 11) is 0. The second kappa shape index (κ2) is 8.53. The first-order valence-electron chi connectivity index (χ1n) is 10.3. The minimum Gasteiger partial charge on any atom is -0.356 e. The van der Waals surface area contributed by atoms with Crippen LogP contribution in [0.2, 0.25) is 0 Å². The molecule has 156 valence electrons. The fourth-order valence-electron chi connectivity index (χ4n) is 3.78. The Morgan fingerprint density at radius 3 is 2.67 bits per heavy atom. The van der Waals surface area contributed by atoms with Gasteiger partial charge in [0.1, 0.15) is 12.1 Å². The molecule has 2 heterocycles. The molecule has 0 bridgehead atoms. The van der Waals surface area contributed by atoms with Crippen LogP contribution in [0.5, 0.6) is 0 Å². The van der Waals surface area contributed by atoms with Crippen LogP contribution in [0.15, 0.2) is 24.3 Å². The van der Waals surface area contributed by atoms with Gasteiger partial charge in [0.05, 0.1) is 17.1 Å². The van der Waals surface area contributed by atoms with Gasteiger partial charge in [0.25, 0.3) is 5.91 Å². The molecule has 0 radical (unpaired) electrons. The van der Waals surface area contributed by atoms with E-state index in [-0.39, 0.29) is 24.1 Å². The number of H-pyrrole nitrogens is 1. The molecule has 4 N–H and O–H groups in total. The summed E-state index contributed by atoms with van der Waals surface area (Å²) in [5, 5.41) is 17.6. The van der Waals surface area contributed by atoms with Gasteiger partial charge in [0, 0.05) is 12.5 Å². The van der Waals surface area contributed by atoms with Crippen LogP contribution in [0.4, 0.5) is 0 Å². The lowest BCUT2D eigenvalue weighted by Gasteiger charge is -2.21. The maximum atomic E-state index is 12.9. The number of carbonyl (C=O) groups excluding carboxylic acids is 3. The van der Waals surface area contributed by atoms with Crippen molar-refractivity contribution in [3.05, 3.63) is 30.1 Å². The number of nitrogens with one attached hydrogen (secondary N) is 4. The summed E-state index contributed by atoms with van der Waals surface area (Å²) >= 11 is 0. The minimum atomic E-state index is -0.781. The smallest absolute Gasteiger partial charge is 0.287 e. The van der Waals surface area contributed by atoms with Gasteiger partial charge in [-0.1, -0.05) is 25.0 Å². The summed E-state index contributed by atoms with van der Waals surface area (Å²) in [6.45, 7) is 0.591. The maximum absolute atomic E-state index is 12.9. The zero-order chi connectivity index (χ0) is 21.1. The number of carbonyl (C=O) groups is 3. The van der Waals surface area contributed by atoms with E-state index in [2.05, 4.69) is 32.0 Å². The number of amides is 3. The van der Waals surface area contributed by atoms with Crippen LogP contribution < -0.4 is 16.0 Å². The third-order valence-electron chi connectivity index (χ3n) is 5.65. The largest absolute Gasteiger partial charge is 0.356 e. The lowest BCUT2D eigenvalue weighted by atomic mass is 9.98. The van der Waals surface area contributed by atoms with Crippen molar-refractivity contribution in [2.45, 2.75) is 44.2 Å². The fourth-order valence-corrected chi connectivity index (χ4v) is 3.78. The number of benzene rings is 1. The van der Waals surface area contributed by atoms with Gasteiger partial charge >= 0.3 is 0 Å². The first kappa shape index (κ1) is 19.9. The molecule has 3 unspecified atom stereocenters. The molecule has 1 aromatic heterocycles. The predicted molar refractivity (Wildman–Crippen MR) is 108 cm³/mol. The number of aromatic nitrogens is 2. The average molecular weight is 408 g/mol. The van der Waals surface area contributed by atoms with Crippen molar-refractivity contribution in [3.8, 4) is 6.07 Å². The van der Waals surface area contributed by atoms with Crippen molar-refractivity contribution in [2.24, 2.45) is 11.8 Å². The molecule has 9 nitrogen and oxygen atoms in total. The van der Waals surface area contributed by atoms with E-state index in [4.69, 9.17) is 0 Å². The average Bonchev–Trinajstić information content (AvgIpc) is 3.30. The molecule has 4 rings (SSSR count). The maximum Gasteiger partial charge on any atom is 0.287 e. The van der Waals surface area contributed by atoms with Gasteiger partial charge in [0.15, 0.2) is 5.82 Å². The number of imidazole rings is 1. The van der Waals surface area contributed by atoms with Gasteiger partial charge in [0.2, 0.25) is 11.8 Å².